The van der Waals surface area contributed by atoms with Crippen molar-refractivity contribution in [3.63, 3.8) is 0 Å². The van der Waals surface area contributed by atoms with E-state index in [0.717, 1.165) is 6.54 Å². The lowest BCUT2D eigenvalue weighted by Gasteiger charge is -2.25. The molecule has 0 atom stereocenters. The van der Waals surface area contributed by atoms with Gasteiger partial charge in [0.2, 0.25) is 0 Å². The van der Waals surface area contributed by atoms with Crippen LogP contribution in [0, 0.1) is 5.92 Å². The number of anilines is 2. The fraction of sp³-hybridized carbons (Fsp3) is 0.455. The molecule has 1 fully saturated rings. The molecule has 0 radical (unpaired) electrons. The second-order valence-corrected chi connectivity index (χ2v) is 4.14. The highest BCUT2D eigenvalue weighted by Gasteiger charge is 2.17. The van der Waals surface area contributed by atoms with Crippen molar-refractivity contribution in [1.29, 1.82) is 0 Å². The van der Waals surface area contributed by atoms with Crippen molar-refractivity contribution in [3.05, 3.63) is 17.8 Å². The molecule has 1 aliphatic rings. The molecule has 86 valence electrons. The van der Waals surface area contributed by atoms with Crippen molar-refractivity contribution in [1.82, 2.24) is 4.98 Å². The topological polar surface area (TPSA) is 88.2 Å². The van der Waals surface area contributed by atoms with Gasteiger partial charge in [0, 0.05) is 6.54 Å². The molecule has 0 spiro atoms. The average Bonchev–Trinajstić information content (AvgIpc) is 2.17. The quantitative estimate of drug-likeness (QED) is 0.718. The fourth-order valence-electron chi connectivity index (χ4n) is 1.69. The zero-order valence-corrected chi connectivity index (χ0v) is 8.94. The minimum absolute atomic E-state index is 0.103. The van der Waals surface area contributed by atoms with Gasteiger partial charge in [0.1, 0.15) is 5.82 Å². The standard InChI is InChI=1S/C11H15N3O2/c12-9-6-14-10(4-8(9)11(15)16)13-5-7-2-1-3-7/h4,6-7H,1-3,5,12H2,(H,13,14)(H,15,16). The number of rotatable bonds is 4. The summed E-state index contributed by atoms with van der Waals surface area (Å²) in [5.41, 5.74) is 5.81. The first-order valence-corrected chi connectivity index (χ1v) is 5.39. The molecule has 1 aliphatic carbocycles. The Morgan fingerprint density at radius 3 is 2.94 bits per heavy atom. The van der Waals surface area contributed by atoms with Gasteiger partial charge in [-0.15, -0.1) is 0 Å². The predicted octanol–water partition coefficient (Wildman–Crippen LogP) is 1.57. The lowest BCUT2D eigenvalue weighted by atomic mass is 9.85. The van der Waals surface area contributed by atoms with Gasteiger partial charge in [-0.3, -0.25) is 0 Å². The highest BCUT2D eigenvalue weighted by atomic mass is 16.4. The van der Waals surface area contributed by atoms with Crippen LogP contribution in [0.15, 0.2) is 12.3 Å². The molecule has 2 rings (SSSR count). The van der Waals surface area contributed by atoms with Crippen LogP contribution in [0.5, 0.6) is 0 Å². The summed E-state index contributed by atoms with van der Waals surface area (Å²) in [4.78, 5) is 14.9. The Morgan fingerprint density at radius 2 is 2.38 bits per heavy atom. The third-order valence-corrected chi connectivity index (χ3v) is 2.96. The molecule has 5 nitrogen and oxygen atoms in total. The maximum absolute atomic E-state index is 10.8. The summed E-state index contributed by atoms with van der Waals surface area (Å²) in [5.74, 6) is 0.262. The molecule has 0 unspecified atom stereocenters. The average molecular weight is 221 g/mol. The van der Waals surface area contributed by atoms with Gasteiger partial charge in [0.05, 0.1) is 17.4 Å². The molecule has 1 aromatic rings. The van der Waals surface area contributed by atoms with Crippen molar-refractivity contribution in [2.75, 3.05) is 17.6 Å². The van der Waals surface area contributed by atoms with Crippen LogP contribution < -0.4 is 11.1 Å². The Kier molecular flexibility index (Phi) is 2.94. The van der Waals surface area contributed by atoms with E-state index < -0.39 is 5.97 Å². The minimum atomic E-state index is -1.02. The largest absolute Gasteiger partial charge is 0.478 e. The van der Waals surface area contributed by atoms with Crippen LogP contribution in [0.3, 0.4) is 0 Å². The first-order chi connectivity index (χ1) is 7.66. The molecule has 1 aromatic heterocycles. The number of nitrogens with zero attached hydrogens (tertiary/aromatic N) is 1. The van der Waals surface area contributed by atoms with Crippen molar-refractivity contribution in [2.24, 2.45) is 5.92 Å². The number of carboxylic acids is 1. The van der Waals surface area contributed by atoms with Crippen LogP contribution in [0.1, 0.15) is 29.6 Å². The summed E-state index contributed by atoms with van der Waals surface area (Å²) < 4.78 is 0. The third-order valence-electron chi connectivity index (χ3n) is 2.96. The van der Waals surface area contributed by atoms with Crippen LogP contribution in [-0.4, -0.2) is 22.6 Å². The molecule has 1 heterocycles. The Hall–Kier alpha value is -1.78. The van der Waals surface area contributed by atoms with Crippen molar-refractivity contribution < 1.29 is 9.90 Å². The first-order valence-electron chi connectivity index (χ1n) is 5.39. The SMILES string of the molecule is Nc1cnc(NCC2CCC2)cc1C(=O)O. The second kappa shape index (κ2) is 4.38. The van der Waals surface area contributed by atoms with Crippen molar-refractivity contribution in [3.8, 4) is 0 Å². The summed E-state index contributed by atoms with van der Waals surface area (Å²) in [6, 6.07) is 1.48. The third kappa shape index (κ3) is 2.24. The van der Waals surface area contributed by atoms with E-state index in [1.807, 2.05) is 0 Å². The number of aromatic carboxylic acids is 1. The van der Waals surface area contributed by atoms with Gasteiger partial charge in [0.25, 0.3) is 0 Å². The molecule has 0 aromatic carbocycles. The Balaban J connectivity index is 2.03. The second-order valence-electron chi connectivity index (χ2n) is 4.14. The summed E-state index contributed by atoms with van der Waals surface area (Å²) >= 11 is 0. The molecule has 16 heavy (non-hydrogen) atoms. The van der Waals surface area contributed by atoms with Crippen molar-refractivity contribution in [2.45, 2.75) is 19.3 Å². The molecule has 1 saturated carbocycles. The zero-order chi connectivity index (χ0) is 11.5. The normalized spacial score (nSPS) is 15.5. The van der Waals surface area contributed by atoms with E-state index in [-0.39, 0.29) is 11.3 Å². The number of nitrogen functional groups attached to an aromatic ring is 1. The molecule has 0 aliphatic heterocycles. The molecule has 0 amide bonds. The summed E-state index contributed by atoms with van der Waals surface area (Å²) in [6.45, 7) is 0.857. The smallest absolute Gasteiger partial charge is 0.337 e. The lowest BCUT2D eigenvalue weighted by molar-refractivity contribution is 0.0698. The molecular formula is C11H15N3O2. The maximum atomic E-state index is 10.8. The van der Waals surface area contributed by atoms with E-state index in [9.17, 15) is 4.79 Å². The number of nitrogens with two attached hydrogens (primary N) is 1. The summed E-state index contributed by atoms with van der Waals surface area (Å²) in [5, 5.41) is 12.0. The van der Waals surface area contributed by atoms with E-state index in [0.29, 0.717) is 11.7 Å². The monoisotopic (exact) mass is 221 g/mol. The highest BCUT2D eigenvalue weighted by Crippen LogP contribution is 2.26. The van der Waals surface area contributed by atoms with Gasteiger partial charge in [-0.25, -0.2) is 9.78 Å². The lowest BCUT2D eigenvalue weighted by Crippen LogP contribution is -2.21. The van der Waals surface area contributed by atoms with Gasteiger partial charge >= 0.3 is 5.97 Å². The number of carboxylic acid groups (broad SMARTS) is 1. The minimum Gasteiger partial charge on any atom is -0.478 e. The molecule has 0 bridgehead atoms. The number of hydrogen-bond acceptors (Lipinski definition) is 4. The van der Waals surface area contributed by atoms with Crippen LogP contribution in [-0.2, 0) is 0 Å². The van der Waals surface area contributed by atoms with Gasteiger partial charge in [-0.05, 0) is 24.8 Å². The Bertz CT molecular complexity index is 402. The maximum Gasteiger partial charge on any atom is 0.337 e. The van der Waals surface area contributed by atoms with Gasteiger partial charge in [-0.2, -0.15) is 0 Å². The first kappa shape index (κ1) is 10.7. The Labute approximate surface area is 93.7 Å². The van der Waals surface area contributed by atoms with E-state index in [1.54, 1.807) is 0 Å². The molecule has 5 heteroatoms. The molecular weight excluding hydrogens is 206 g/mol. The van der Waals surface area contributed by atoms with E-state index in [1.165, 1.54) is 31.5 Å². The molecule has 0 saturated heterocycles. The van der Waals surface area contributed by atoms with Crippen molar-refractivity contribution >= 4 is 17.5 Å². The highest BCUT2D eigenvalue weighted by molar-refractivity contribution is 5.94. The number of nitrogens with one attached hydrogen (secondary N) is 1. The van der Waals surface area contributed by atoms with Crippen LogP contribution >= 0.6 is 0 Å². The summed E-state index contributed by atoms with van der Waals surface area (Å²) in [6.07, 6.45) is 5.16. The zero-order valence-electron chi connectivity index (χ0n) is 8.94. The van der Waals surface area contributed by atoms with Crippen LogP contribution in [0.4, 0.5) is 11.5 Å². The van der Waals surface area contributed by atoms with Crippen LogP contribution in [0.2, 0.25) is 0 Å². The number of pyridine rings is 1. The summed E-state index contributed by atoms with van der Waals surface area (Å²) in [7, 11) is 0. The van der Waals surface area contributed by atoms with Gasteiger partial charge < -0.3 is 16.2 Å². The van der Waals surface area contributed by atoms with E-state index in [4.69, 9.17) is 10.8 Å². The van der Waals surface area contributed by atoms with E-state index >= 15 is 0 Å². The number of carbonyl (C=O) groups is 1. The Morgan fingerprint density at radius 1 is 1.62 bits per heavy atom. The fourth-order valence-corrected chi connectivity index (χ4v) is 1.69. The molecule has 4 N–H and O–H groups in total. The predicted molar refractivity (Wildman–Crippen MR) is 61.4 cm³/mol. The van der Waals surface area contributed by atoms with Gasteiger partial charge in [-0.1, -0.05) is 6.42 Å². The number of hydrogen-bond donors (Lipinski definition) is 3. The van der Waals surface area contributed by atoms with Crippen LogP contribution in [0.25, 0.3) is 0 Å². The van der Waals surface area contributed by atoms with Gasteiger partial charge in [0.15, 0.2) is 0 Å². The van der Waals surface area contributed by atoms with E-state index in [2.05, 4.69) is 10.3 Å². The number of aromatic nitrogens is 1.